The molecule has 3 amide bonds. The fourth-order valence-electron chi connectivity index (χ4n) is 3.44. The predicted octanol–water partition coefficient (Wildman–Crippen LogP) is 2.03. The van der Waals surface area contributed by atoms with Crippen molar-refractivity contribution in [2.24, 2.45) is 0 Å². The Morgan fingerprint density at radius 2 is 1.93 bits per heavy atom. The van der Waals surface area contributed by atoms with Crippen LogP contribution in [0.2, 0.25) is 0 Å². The summed E-state index contributed by atoms with van der Waals surface area (Å²) in [5, 5.41) is 1.91. The smallest absolute Gasteiger partial charge is 0.250 e. The number of anilines is 1. The van der Waals surface area contributed by atoms with Gasteiger partial charge in [0.1, 0.15) is 12.3 Å². The van der Waals surface area contributed by atoms with E-state index >= 15 is 0 Å². The van der Waals surface area contributed by atoms with Crippen molar-refractivity contribution in [3.8, 4) is 0 Å². The van der Waals surface area contributed by atoms with E-state index in [1.165, 1.54) is 22.9 Å². The molecule has 1 aromatic carbocycles. The zero-order valence-corrected chi connectivity index (χ0v) is 16.1. The molecule has 4 rings (SSSR count). The van der Waals surface area contributed by atoms with Crippen molar-refractivity contribution in [1.82, 2.24) is 10.2 Å². The highest BCUT2D eigenvalue weighted by molar-refractivity contribution is 8.01. The van der Waals surface area contributed by atoms with Crippen LogP contribution < -0.4 is 10.2 Å². The molecule has 1 saturated heterocycles. The second-order valence-electron chi connectivity index (χ2n) is 6.78. The molecule has 0 saturated carbocycles. The fraction of sp³-hybridized carbons (Fsp3) is 0.350. The predicted molar refractivity (Wildman–Crippen MR) is 105 cm³/mol. The van der Waals surface area contributed by atoms with Gasteiger partial charge in [-0.15, -0.1) is 11.8 Å². The maximum atomic E-state index is 13.1. The van der Waals surface area contributed by atoms with Crippen LogP contribution in [0, 0.1) is 0 Å². The van der Waals surface area contributed by atoms with Crippen molar-refractivity contribution in [2.75, 3.05) is 24.5 Å². The summed E-state index contributed by atoms with van der Waals surface area (Å²) in [4.78, 5) is 42.4. The van der Waals surface area contributed by atoms with Crippen LogP contribution in [-0.2, 0) is 20.9 Å². The average molecular weight is 399 g/mol. The average Bonchev–Trinajstić information content (AvgIpc) is 3.42. The first-order valence-corrected chi connectivity index (χ1v) is 10.2. The van der Waals surface area contributed by atoms with Crippen LogP contribution in [0.15, 0.2) is 52.0 Å². The Morgan fingerprint density at radius 1 is 1.14 bits per heavy atom. The summed E-state index contributed by atoms with van der Waals surface area (Å²) in [6.07, 6.45) is 3.47. The first kappa shape index (κ1) is 18.6. The Bertz CT molecular complexity index is 877. The lowest BCUT2D eigenvalue weighted by Crippen LogP contribution is -2.51. The molecule has 146 valence electrons. The summed E-state index contributed by atoms with van der Waals surface area (Å²) in [5.41, 5.74) is 0.663. The summed E-state index contributed by atoms with van der Waals surface area (Å²) in [6, 6.07) is 10.9. The molecule has 1 unspecified atom stereocenters. The van der Waals surface area contributed by atoms with E-state index in [9.17, 15) is 14.4 Å². The van der Waals surface area contributed by atoms with Crippen LogP contribution in [0.5, 0.6) is 0 Å². The van der Waals surface area contributed by atoms with Crippen molar-refractivity contribution in [2.45, 2.75) is 29.5 Å². The van der Waals surface area contributed by atoms with Gasteiger partial charge in [0.15, 0.2) is 5.25 Å². The highest BCUT2D eigenvalue weighted by Crippen LogP contribution is 2.39. The van der Waals surface area contributed by atoms with E-state index in [4.69, 9.17) is 4.42 Å². The lowest BCUT2D eigenvalue weighted by atomic mass is 10.2. The number of carbonyl (C=O) groups excluding carboxylic acids is 3. The molecule has 7 nitrogen and oxygen atoms in total. The van der Waals surface area contributed by atoms with Gasteiger partial charge in [-0.2, -0.15) is 0 Å². The first-order chi connectivity index (χ1) is 13.6. The second-order valence-corrected chi connectivity index (χ2v) is 7.93. The lowest BCUT2D eigenvalue weighted by Gasteiger charge is -2.34. The normalized spacial score (nSPS) is 18.9. The highest BCUT2D eigenvalue weighted by atomic mass is 32.2. The van der Waals surface area contributed by atoms with Gasteiger partial charge in [-0.05, 0) is 37.1 Å². The van der Waals surface area contributed by atoms with Gasteiger partial charge in [-0.25, -0.2) is 0 Å². The van der Waals surface area contributed by atoms with Gasteiger partial charge < -0.3 is 19.5 Å². The van der Waals surface area contributed by atoms with E-state index in [2.05, 4.69) is 5.32 Å². The summed E-state index contributed by atoms with van der Waals surface area (Å²) in [7, 11) is 0. The van der Waals surface area contributed by atoms with Crippen LogP contribution in [0.4, 0.5) is 5.69 Å². The lowest BCUT2D eigenvalue weighted by molar-refractivity contribution is -0.134. The first-order valence-electron chi connectivity index (χ1n) is 9.28. The van der Waals surface area contributed by atoms with Crippen LogP contribution >= 0.6 is 11.8 Å². The number of hydrogen-bond donors (Lipinski definition) is 1. The zero-order chi connectivity index (χ0) is 19.5. The third-order valence-corrected chi connectivity index (χ3v) is 6.11. The third-order valence-electron chi connectivity index (χ3n) is 4.87. The number of likely N-dealkylation sites (tertiary alicyclic amines) is 1. The number of hydrogen-bond acceptors (Lipinski definition) is 5. The molecule has 3 heterocycles. The minimum absolute atomic E-state index is 0.138. The molecule has 0 bridgehead atoms. The summed E-state index contributed by atoms with van der Waals surface area (Å²) < 4.78 is 5.21. The van der Waals surface area contributed by atoms with E-state index in [-0.39, 0.29) is 30.8 Å². The van der Waals surface area contributed by atoms with E-state index in [1.54, 1.807) is 23.1 Å². The Kier molecular flexibility index (Phi) is 5.38. The van der Waals surface area contributed by atoms with Crippen molar-refractivity contribution in [1.29, 1.82) is 0 Å². The van der Waals surface area contributed by atoms with Gasteiger partial charge in [0, 0.05) is 18.0 Å². The molecular formula is C20H21N3O4S. The zero-order valence-electron chi connectivity index (χ0n) is 15.3. The number of rotatable bonds is 5. The highest BCUT2D eigenvalue weighted by Gasteiger charge is 2.41. The Hall–Kier alpha value is -2.74. The van der Waals surface area contributed by atoms with Crippen molar-refractivity contribution < 1.29 is 18.8 Å². The molecule has 1 aromatic heterocycles. The number of thioether (sulfide) groups is 1. The molecule has 1 atom stereocenters. The molecular weight excluding hydrogens is 378 g/mol. The maximum absolute atomic E-state index is 13.1. The summed E-state index contributed by atoms with van der Waals surface area (Å²) in [5.74, 6) is -0.174. The van der Waals surface area contributed by atoms with E-state index in [1.807, 2.05) is 18.2 Å². The largest absolute Gasteiger partial charge is 0.467 e. The number of amides is 3. The SMILES string of the molecule is O=C(CN1C(=O)C(C(=O)N2CCCC2)Sc2ccccc21)NCc1ccco1. The minimum atomic E-state index is -0.842. The van der Waals surface area contributed by atoms with Gasteiger partial charge in [-0.3, -0.25) is 14.4 Å². The molecule has 0 aliphatic carbocycles. The molecule has 8 heteroatoms. The van der Waals surface area contributed by atoms with E-state index < -0.39 is 5.25 Å². The quantitative estimate of drug-likeness (QED) is 0.778. The number of para-hydroxylation sites is 1. The van der Waals surface area contributed by atoms with Gasteiger partial charge in [0.25, 0.3) is 5.91 Å². The molecule has 28 heavy (non-hydrogen) atoms. The summed E-state index contributed by atoms with van der Waals surface area (Å²) >= 11 is 1.27. The minimum Gasteiger partial charge on any atom is -0.467 e. The van der Waals surface area contributed by atoms with Gasteiger partial charge in [-0.1, -0.05) is 12.1 Å². The van der Waals surface area contributed by atoms with Crippen LogP contribution in [-0.4, -0.2) is 47.5 Å². The Labute approximate surface area is 167 Å². The standard InChI is InChI=1S/C20H21N3O4S/c24-17(21-12-14-6-5-11-27-14)13-23-15-7-1-2-8-16(15)28-18(20(23)26)19(25)22-9-3-4-10-22/h1-2,5-8,11,18H,3-4,9-10,12-13H2,(H,21,24). The van der Waals surface area contributed by atoms with Crippen LogP contribution in [0.3, 0.4) is 0 Å². The molecule has 2 aromatic rings. The van der Waals surface area contributed by atoms with Crippen molar-refractivity contribution in [3.05, 3.63) is 48.4 Å². The maximum Gasteiger partial charge on any atom is 0.250 e. The molecule has 1 fully saturated rings. The monoisotopic (exact) mass is 399 g/mol. The number of nitrogens with zero attached hydrogens (tertiary/aromatic N) is 2. The topological polar surface area (TPSA) is 82.9 Å². The molecule has 0 radical (unpaired) electrons. The number of fused-ring (bicyclic) bond motifs is 1. The van der Waals surface area contributed by atoms with Crippen molar-refractivity contribution in [3.63, 3.8) is 0 Å². The molecule has 1 N–H and O–H groups in total. The number of benzene rings is 1. The third kappa shape index (κ3) is 3.77. The van der Waals surface area contributed by atoms with Gasteiger partial charge in [0.05, 0.1) is 18.5 Å². The Balaban J connectivity index is 1.51. The van der Waals surface area contributed by atoms with Gasteiger partial charge in [0.2, 0.25) is 11.8 Å². The van der Waals surface area contributed by atoms with E-state index in [0.29, 0.717) is 24.5 Å². The van der Waals surface area contributed by atoms with E-state index in [0.717, 1.165) is 17.7 Å². The van der Waals surface area contributed by atoms with Crippen molar-refractivity contribution >= 4 is 35.2 Å². The molecule has 0 spiro atoms. The number of nitrogens with one attached hydrogen (secondary N) is 1. The number of furan rings is 1. The molecule has 2 aliphatic rings. The second kappa shape index (κ2) is 8.10. The summed E-state index contributed by atoms with van der Waals surface area (Å²) in [6.45, 7) is 1.49. The van der Waals surface area contributed by atoms with Crippen LogP contribution in [0.1, 0.15) is 18.6 Å². The van der Waals surface area contributed by atoms with Crippen LogP contribution in [0.25, 0.3) is 0 Å². The Morgan fingerprint density at radius 3 is 2.68 bits per heavy atom. The van der Waals surface area contributed by atoms with Gasteiger partial charge >= 0.3 is 0 Å². The fourth-order valence-corrected chi connectivity index (χ4v) is 4.63. The number of carbonyl (C=O) groups is 3. The molecule has 2 aliphatic heterocycles.